The van der Waals surface area contributed by atoms with Gasteiger partial charge in [0, 0.05) is 25.5 Å². The van der Waals surface area contributed by atoms with Gasteiger partial charge < -0.3 is 14.6 Å². The second-order valence-electron chi connectivity index (χ2n) is 4.07. The first-order valence-electron chi connectivity index (χ1n) is 5.64. The summed E-state index contributed by atoms with van der Waals surface area (Å²) in [6.07, 6.45) is 7.44. The lowest BCUT2D eigenvalue weighted by Gasteiger charge is -2.15. The second kappa shape index (κ2) is 5.12. The zero-order valence-electron chi connectivity index (χ0n) is 9.43. The molecule has 2 rings (SSSR count). The molecule has 1 aromatic rings. The van der Waals surface area contributed by atoms with Crippen molar-refractivity contribution in [2.24, 2.45) is 0 Å². The van der Waals surface area contributed by atoms with Gasteiger partial charge in [-0.15, -0.1) is 0 Å². The highest BCUT2D eigenvalue weighted by molar-refractivity contribution is 5.79. The van der Waals surface area contributed by atoms with Crippen molar-refractivity contribution in [1.82, 2.24) is 14.9 Å². The summed E-state index contributed by atoms with van der Waals surface area (Å²) >= 11 is 0. The highest BCUT2D eigenvalue weighted by Crippen LogP contribution is 2.11. The Kier molecular flexibility index (Phi) is 3.56. The second-order valence-corrected chi connectivity index (χ2v) is 4.07. The van der Waals surface area contributed by atoms with Crippen molar-refractivity contribution in [3.05, 3.63) is 18.7 Å². The van der Waals surface area contributed by atoms with E-state index in [0.717, 1.165) is 19.4 Å². The first kappa shape index (κ1) is 11.1. The molecule has 2 heterocycles. The van der Waals surface area contributed by atoms with Crippen molar-refractivity contribution in [2.45, 2.75) is 31.9 Å². The van der Waals surface area contributed by atoms with Gasteiger partial charge in [0.2, 0.25) is 5.91 Å². The van der Waals surface area contributed by atoms with Crippen LogP contribution in [-0.4, -0.2) is 34.7 Å². The molecular formula is C11H17N3O2. The maximum Gasteiger partial charge on any atom is 0.242 e. The molecule has 0 aromatic carbocycles. The summed E-state index contributed by atoms with van der Waals surface area (Å²) in [6.45, 7) is 3.28. The molecule has 5 nitrogen and oxygen atoms in total. The molecule has 1 N–H and O–H groups in total. The number of ether oxygens (including phenoxy) is 1. The minimum Gasteiger partial charge on any atom is -0.376 e. The normalized spacial score (nSPS) is 21.9. The van der Waals surface area contributed by atoms with Crippen LogP contribution in [0.3, 0.4) is 0 Å². The van der Waals surface area contributed by atoms with Crippen LogP contribution >= 0.6 is 0 Å². The molecule has 1 saturated heterocycles. The van der Waals surface area contributed by atoms with E-state index in [2.05, 4.69) is 10.3 Å². The molecule has 1 aliphatic heterocycles. The van der Waals surface area contributed by atoms with Crippen molar-refractivity contribution in [1.29, 1.82) is 0 Å². The molecule has 2 unspecified atom stereocenters. The number of rotatable bonds is 4. The van der Waals surface area contributed by atoms with E-state index in [-0.39, 0.29) is 18.1 Å². The van der Waals surface area contributed by atoms with Crippen LogP contribution in [0.1, 0.15) is 25.8 Å². The maximum atomic E-state index is 11.8. The zero-order chi connectivity index (χ0) is 11.4. The molecule has 2 atom stereocenters. The van der Waals surface area contributed by atoms with Crippen molar-refractivity contribution in [3.63, 3.8) is 0 Å². The molecule has 16 heavy (non-hydrogen) atoms. The van der Waals surface area contributed by atoms with Crippen LogP contribution in [0.25, 0.3) is 0 Å². The van der Waals surface area contributed by atoms with Crippen molar-refractivity contribution in [2.75, 3.05) is 13.2 Å². The van der Waals surface area contributed by atoms with Crippen LogP contribution in [0.4, 0.5) is 0 Å². The lowest BCUT2D eigenvalue weighted by atomic mass is 10.2. The van der Waals surface area contributed by atoms with Gasteiger partial charge in [-0.3, -0.25) is 4.79 Å². The van der Waals surface area contributed by atoms with Crippen LogP contribution < -0.4 is 5.32 Å². The van der Waals surface area contributed by atoms with Crippen molar-refractivity contribution in [3.8, 4) is 0 Å². The van der Waals surface area contributed by atoms with E-state index in [1.165, 1.54) is 0 Å². The number of nitrogens with one attached hydrogen (secondary N) is 1. The zero-order valence-corrected chi connectivity index (χ0v) is 9.43. The van der Waals surface area contributed by atoms with E-state index in [9.17, 15) is 4.79 Å². The maximum absolute atomic E-state index is 11.8. The molecular weight excluding hydrogens is 206 g/mol. The molecule has 0 bridgehead atoms. The number of carbonyl (C=O) groups excluding carboxylic acids is 1. The summed E-state index contributed by atoms with van der Waals surface area (Å²) in [6, 6.07) is -0.219. The molecule has 1 aliphatic rings. The average Bonchev–Trinajstić information content (AvgIpc) is 2.96. The van der Waals surface area contributed by atoms with E-state index in [1.807, 2.05) is 6.92 Å². The van der Waals surface area contributed by atoms with E-state index >= 15 is 0 Å². The number of hydrogen-bond acceptors (Lipinski definition) is 3. The van der Waals surface area contributed by atoms with E-state index in [4.69, 9.17) is 4.74 Å². The predicted molar refractivity (Wildman–Crippen MR) is 58.9 cm³/mol. The van der Waals surface area contributed by atoms with Gasteiger partial charge in [-0.1, -0.05) is 0 Å². The Bertz CT molecular complexity index is 331. The summed E-state index contributed by atoms with van der Waals surface area (Å²) in [7, 11) is 0. The Balaban J connectivity index is 1.79. The minimum atomic E-state index is -0.219. The summed E-state index contributed by atoms with van der Waals surface area (Å²) in [4.78, 5) is 15.7. The third-order valence-electron chi connectivity index (χ3n) is 2.88. The van der Waals surface area contributed by atoms with Crippen LogP contribution in [0, 0.1) is 0 Å². The monoisotopic (exact) mass is 223 g/mol. The van der Waals surface area contributed by atoms with Crippen LogP contribution in [0.2, 0.25) is 0 Å². The van der Waals surface area contributed by atoms with Crippen LogP contribution in [0.15, 0.2) is 18.7 Å². The number of amides is 1. The van der Waals surface area contributed by atoms with Gasteiger partial charge in [0.05, 0.1) is 12.4 Å². The number of carbonyl (C=O) groups is 1. The van der Waals surface area contributed by atoms with Crippen LogP contribution in [0.5, 0.6) is 0 Å². The fraction of sp³-hybridized carbons (Fsp3) is 0.636. The largest absolute Gasteiger partial charge is 0.376 e. The Morgan fingerprint density at radius 1 is 1.75 bits per heavy atom. The third kappa shape index (κ3) is 2.61. The third-order valence-corrected chi connectivity index (χ3v) is 2.88. The van der Waals surface area contributed by atoms with E-state index in [1.54, 1.807) is 23.3 Å². The fourth-order valence-electron chi connectivity index (χ4n) is 1.80. The number of nitrogens with zero attached hydrogens (tertiary/aromatic N) is 2. The molecule has 5 heteroatoms. The molecule has 88 valence electrons. The molecule has 1 aromatic heterocycles. The van der Waals surface area contributed by atoms with Gasteiger partial charge in [-0.25, -0.2) is 4.98 Å². The van der Waals surface area contributed by atoms with Gasteiger partial charge in [0.25, 0.3) is 0 Å². The molecule has 0 aliphatic carbocycles. The summed E-state index contributed by atoms with van der Waals surface area (Å²) < 4.78 is 7.22. The van der Waals surface area contributed by atoms with E-state index < -0.39 is 0 Å². The molecule has 0 spiro atoms. The molecule has 1 amide bonds. The Morgan fingerprint density at radius 2 is 2.62 bits per heavy atom. The van der Waals surface area contributed by atoms with Gasteiger partial charge in [0.1, 0.15) is 6.04 Å². The smallest absolute Gasteiger partial charge is 0.242 e. The number of hydrogen-bond donors (Lipinski definition) is 1. The topological polar surface area (TPSA) is 56.1 Å². The van der Waals surface area contributed by atoms with Gasteiger partial charge >= 0.3 is 0 Å². The number of imidazole rings is 1. The average molecular weight is 223 g/mol. The number of aromatic nitrogens is 2. The minimum absolute atomic E-state index is 0.00787. The Hall–Kier alpha value is -1.36. The quantitative estimate of drug-likeness (QED) is 0.819. The van der Waals surface area contributed by atoms with Crippen molar-refractivity contribution < 1.29 is 9.53 Å². The van der Waals surface area contributed by atoms with Gasteiger partial charge in [-0.05, 0) is 19.8 Å². The van der Waals surface area contributed by atoms with Gasteiger partial charge in [0.15, 0.2) is 0 Å². The summed E-state index contributed by atoms with van der Waals surface area (Å²) in [5, 5.41) is 2.90. The highest BCUT2D eigenvalue weighted by atomic mass is 16.5. The SMILES string of the molecule is CC(C(=O)NCC1CCCO1)n1ccnc1. The van der Waals surface area contributed by atoms with E-state index in [0.29, 0.717) is 6.54 Å². The predicted octanol–water partition coefficient (Wildman–Crippen LogP) is 0.739. The van der Waals surface area contributed by atoms with Crippen molar-refractivity contribution >= 4 is 5.91 Å². The summed E-state index contributed by atoms with van der Waals surface area (Å²) in [5.41, 5.74) is 0. The standard InChI is InChI=1S/C11H17N3O2/c1-9(14-5-4-12-8-14)11(15)13-7-10-3-2-6-16-10/h4-5,8-10H,2-3,6-7H2,1H3,(H,13,15). The lowest BCUT2D eigenvalue weighted by molar-refractivity contribution is -0.124. The van der Waals surface area contributed by atoms with Crippen LogP contribution in [-0.2, 0) is 9.53 Å². The summed E-state index contributed by atoms with van der Waals surface area (Å²) in [5.74, 6) is 0.00787. The molecule has 0 radical (unpaired) electrons. The molecule has 0 saturated carbocycles. The first-order valence-corrected chi connectivity index (χ1v) is 5.64. The highest BCUT2D eigenvalue weighted by Gasteiger charge is 2.19. The first-order chi connectivity index (χ1) is 7.77. The van der Waals surface area contributed by atoms with Gasteiger partial charge in [-0.2, -0.15) is 0 Å². The molecule has 1 fully saturated rings. The fourth-order valence-corrected chi connectivity index (χ4v) is 1.80. The Morgan fingerprint density at radius 3 is 3.25 bits per heavy atom. The lowest BCUT2D eigenvalue weighted by Crippen LogP contribution is -2.36. The Labute approximate surface area is 94.8 Å².